The fourth-order valence-electron chi connectivity index (χ4n) is 2.09. The van der Waals surface area contributed by atoms with Crippen molar-refractivity contribution in [3.63, 3.8) is 0 Å². The lowest BCUT2D eigenvalue weighted by Crippen LogP contribution is -2.14. The summed E-state index contributed by atoms with van der Waals surface area (Å²) < 4.78 is 22.8. The third-order valence-corrected chi connectivity index (χ3v) is 4.33. The standard InChI is InChI=1S/C17H18N2O4S/c1-12(20)18-14-5-7-15(8-6-14)19-17(21)11-13-3-9-16(10-4-13)24(2,22)23/h3-10H,11H2,1-2H3,(H,18,20)(H,19,21). The van der Waals surface area contributed by atoms with Gasteiger partial charge in [0.15, 0.2) is 9.84 Å². The summed E-state index contributed by atoms with van der Waals surface area (Å²) in [5.74, 6) is -0.376. The van der Waals surface area contributed by atoms with E-state index >= 15 is 0 Å². The van der Waals surface area contributed by atoms with Gasteiger partial charge in [-0.3, -0.25) is 9.59 Å². The zero-order chi connectivity index (χ0) is 17.7. The quantitative estimate of drug-likeness (QED) is 0.868. The van der Waals surface area contributed by atoms with Crippen molar-refractivity contribution in [1.29, 1.82) is 0 Å². The van der Waals surface area contributed by atoms with Gasteiger partial charge in [0, 0.05) is 24.6 Å². The van der Waals surface area contributed by atoms with Crippen LogP contribution in [0.5, 0.6) is 0 Å². The SMILES string of the molecule is CC(=O)Nc1ccc(NC(=O)Cc2ccc(S(C)(=O)=O)cc2)cc1. The number of amides is 2. The summed E-state index contributed by atoms with van der Waals surface area (Å²) in [7, 11) is -3.24. The summed E-state index contributed by atoms with van der Waals surface area (Å²) in [6.07, 6.45) is 1.27. The summed E-state index contributed by atoms with van der Waals surface area (Å²) >= 11 is 0. The molecule has 2 rings (SSSR count). The second-order valence-corrected chi connectivity index (χ2v) is 7.42. The molecule has 0 fully saturated rings. The number of nitrogens with one attached hydrogen (secondary N) is 2. The smallest absolute Gasteiger partial charge is 0.228 e. The second-order valence-electron chi connectivity index (χ2n) is 5.40. The molecule has 2 aromatic carbocycles. The van der Waals surface area contributed by atoms with E-state index in [1.54, 1.807) is 36.4 Å². The summed E-state index contributed by atoms with van der Waals surface area (Å²) in [4.78, 5) is 23.2. The number of sulfone groups is 1. The van der Waals surface area contributed by atoms with Gasteiger partial charge in [-0.15, -0.1) is 0 Å². The van der Waals surface area contributed by atoms with Crippen LogP contribution in [0.4, 0.5) is 11.4 Å². The monoisotopic (exact) mass is 346 g/mol. The first-order valence-corrected chi connectivity index (χ1v) is 9.10. The molecular weight excluding hydrogens is 328 g/mol. The van der Waals surface area contributed by atoms with Crippen LogP contribution in [0.2, 0.25) is 0 Å². The van der Waals surface area contributed by atoms with Crippen molar-refractivity contribution < 1.29 is 18.0 Å². The third-order valence-electron chi connectivity index (χ3n) is 3.21. The summed E-state index contributed by atoms with van der Waals surface area (Å²) in [6.45, 7) is 1.42. The fourth-order valence-corrected chi connectivity index (χ4v) is 2.72. The lowest BCUT2D eigenvalue weighted by molar-refractivity contribution is -0.116. The molecule has 0 aliphatic carbocycles. The summed E-state index contributed by atoms with van der Waals surface area (Å²) in [6, 6.07) is 13.0. The highest BCUT2D eigenvalue weighted by Gasteiger charge is 2.08. The van der Waals surface area contributed by atoms with Crippen LogP contribution in [0.1, 0.15) is 12.5 Å². The van der Waals surface area contributed by atoms with Crippen molar-refractivity contribution in [3.8, 4) is 0 Å². The molecule has 0 aromatic heterocycles. The Kier molecular flexibility index (Phi) is 5.35. The largest absolute Gasteiger partial charge is 0.326 e. The highest BCUT2D eigenvalue weighted by molar-refractivity contribution is 7.90. The summed E-state index contributed by atoms with van der Waals surface area (Å²) in [5, 5.41) is 5.39. The van der Waals surface area contributed by atoms with Gasteiger partial charge in [-0.25, -0.2) is 8.42 Å². The average molecular weight is 346 g/mol. The second kappa shape index (κ2) is 7.27. The number of anilines is 2. The van der Waals surface area contributed by atoms with Gasteiger partial charge in [0.25, 0.3) is 0 Å². The fraction of sp³-hybridized carbons (Fsp3) is 0.176. The van der Waals surface area contributed by atoms with Crippen LogP contribution in [-0.2, 0) is 25.8 Å². The van der Waals surface area contributed by atoms with Gasteiger partial charge in [0.05, 0.1) is 11.3 Å². The van der Waals surface area contributed by atoms with Crippen LogP contribution < -0.4 is 10.6 Å². The number of carbonyl (C=O) groups is 2. The molecule has 0 spiro atoms. The highest BCUT2D eigenvalue weighted by atomic mass is 32.2. The van der Waals surface area contributed by atoms with Crippen molar-refractivity contribution in [2.24, 2.45) is 0 Å². The molecule has 0 aliphatic rings. The van der Waals surface area contributed by atoms with Gasteiger partial charge in [-0.2, -0.15) is 0 Å². The molecule has 2 aromatic rings. The zero-order valence-corrected chi connectivity index (χ0v) is 14.2. The Labute approximate surface area is 140 Å². The van der Waals surface area contributed by atoms with E-state index in [1.165, 1.54) is 19.1 Å². The number of hydrogen-bond acceptors (Lipinski definition) is 4. The minimum atomic E-state index is -3.24. The number of carbonyl (C=O) groups excluding carboxylic acids is 2. The molecule has 0 aliphatic heterocycles. The van der Waals surface area contributed by atoms with E-state index in [1.807, 2.05) is 0 Å². The predicted molar refractivity (Wildman–Crippen MR) is 92.6 cm³/mol. The van der Waals surface area contributed by atoms with Crippen LogP contribution in [0.25, 0.3) is 0 Å². The first kappa shape index (κ1) is 17.7. The molecule has 2 N–H and O–H groups in total. The molecule has 0 atom stereocenters. The van der Waals surface area contributed by atoms with Gasteiger partial charge in [0.2, 0.25) is 11.8 Å². The van der Waals surface area contributed by atoms with Crippen molar-refractivity contribution in [2.45, 2.75) is 18.2 Å². The number of rotatable bonds is 5. The molecule has 0 bridgehead atoms. The van der Waals surface area contributed by atoms with E-state index in [0.29, 0.717) is 11.4 Å². The van der Waals surface area contributed by atoms with Crippen LogP contribution in [0.15, 0.2) is 53.4 Å². The Morgan fingerprint density at radius 1 is 0.875 bits per heavy atom. The zero-order valence-electron chi connectivity index (χ0n) is 13.4. The minimum absolute atomic E-state index is 0.136. The molecule has 0 radical (unpaired) electrons. The van der Waals surface area contributed by atoms with Crippen molar-refractivity contribution in [2.75, 3.05) is 16.9 Å². The van der Waals surface area contributed by atoms with Gasteiger partial charge in [0.1, 0.15) is 0 Å². The Hall–Kier alpha value is -2.67. The first-order valence-electron chi connectivity index (χ1n) is 7.20. The summed E-state index contributed by atoms with van der Waals surface area (Å²) in [5.41, 5.74) is 1.98. The first-order chi connectivity index (χ1) is 11.2. The number of benzene rings is 2. The van der Waals surface area contributed by atoms with E-state index in [2.05, 4.69) is 10.6 Å². The van der Waals surface area contributed by atoms with Crippen LogP contribution in [0, 0.1) is 0 Å². The Morgan fingerprint density at radius 3 is 1.83 bits per heavy atom. The van der Waals surface area contributed by atoms with Crippen molar-refractivity contribution >= 4 is 33.0 Å². The normalized spacial score (nSPS) is 10.9. The van der Waals surface area contributed by atoms with E-state index in [4.69, 9.17) is 0 Å². The Bertz CT molecular complexity index is 841. The van der Waals surface area contributed by atoms with Crippen molar-refractivity contribution in [1.82, 2.24) is 0 Å². The molecule has 6 nitrogen and oxygen atoms in total. The van der Waals surface area contributed by atoms with Gasteiger partial charge in [-0.05, 0) is 42.0 Å². The molecule has 7 heteroatoms. The van der Waals surface area contributed by atoms with Crippen LogP contribution >= 0.6 is 0 Å². The molecule has 0 heterocycles. The molecule has 126 valence electrons. The average Bonchev–Trinajstić information content (AvgIpc) is 2.48. The van der Waals surface area contributed by atoms with E-state index in [0.717, 1.165) is 11.8 Å². The van der Waals surface area contributed by atoms with Crippen molar-refractivity contribution in [3.05, 3.63) is 54.1 Å². The van der Waals surface area contributed by atoms with Gasteiger partial charge >= 0.3 is 0 Å². The third kappa shape index (κ3) is 5.20. The Morgan fingerprint density at radius 2 is 1.38 bits per heavy atom. The molecule has 0 saturated heterocycles. The Balaban J connectivity index is 1.96. The lowest BCUT2D eigenvalue weighted by atomic mass is 10.1. The predicted octanol–water partition coefficient (Wildman–Crippen LogP) is 2.23. The van der Waals surface area contributed by atoms with E-state index in [9.17, 15) is 18.0 Å². The molecule has 0 saturated carbocycles. The van der Waals surface area contributed by atoms with Gasteiger partial charge < -0.3 is 10.6 Å². The maximum absolute atomic E-state index is 12.0. The number of hydrogen-bond donors (Lipinski definition) is 2. The van der Waals surface area contributed by atoms with Gasteiger partial charge in [-0.1, -0.05) is 12.1 Å². The topological polar surface area (TPSA) is 92.3 Å². The van der Waals surface area contributed by atoms with Crippen LogP contribution in [-0.4, -0.2) is 26.5 Å². The van der Waals surface area contributed by atoms with E-state index in [-0.39, 0.29) is 23.1 Å². The van der Waals surface area contributed by atoms with Crippen LogP contribution in [0.3, 0.4) is 0 Å². The molecule has 0 unspecified atom stereocenters. The maximum Gasteiger partial charge on any atom is 0.228 e. The molecular formula is C17H18N2O4S. The maximum atomic E-state index is 12.0. The van der Waals surface area contributed by atoms with E-state index < -0.39 is 9.84 Å². The lowest BCUT2D eigenvalue weighted by Gasteiger charge is -2.07. The molecule has 2 amide bonds. The minimum Gasteiger partial charge on any atom is -0.326 e. The molecule has 24 heavy (non-hydrogen) atoms. The highest BCUT2D eigenvalue weighted by Crippen LogP contribution is 2.15.